The Morgan fingerprint density at radius 2 is 1.61 bits per heavy atom. The first-order valence-electron chi connectivity index (χ1n) is 11.3. The van der Waals surface area contributed by atoms with Gasteiger partial charge in [0.05, 0.1) is 0 Å². The predicted octanol–water partition coefficient (Wildman–Crippen LogP) is 7.49. The van der Waals surface area contributed by atoms with Gasteiger partial charge < -0.3 is 0 Å². The zero-order valence-corrected chi connectivity index (χ0v) is 17.2. The van der Waals surface area contributed by atoms with Crippen LogP contribution < -0.4 is 0 Å². The Morgan fingerprint density at radius 3 is 2.25 bits per heavy atom. The van der Waals surface area contributed by atoms with E-state index in [1.54, 1.807) is 12.1 Å². The first-order chi connectivity index (χ1) is 13.6. The third-order valence-corrected chi connectivity index (χ3v) is 6.88. The molecule has 1 aromatic carbocycles. The van der Waals surface area contributed by atoms with Crippen molar-refractivity contribution in [3.8, 4) is 0 Å². The van der Waals surface area contributed by atoms with E-state index in [4.69, 9.17) is 0 Å². The second kappa shape index (κ2) is 10.3. The molecule has 0 bridgehead atoms. The van der Waals surface area contributed by atoms with Crippen LogP contribution in [-0.2, 0) is 4.79 Å². The number of allylic oxidation sites excluding steroid dienone is 2. The third-order valence-electron chi connectivity index (χ3n) is 6.88. The van der Waals surface area contributed by atoms with Crippen molar-refractivity contribution in [2.75, 3.05) is 0 Å². The number of hydrogen-bond donors (Lipinski definition) is 0. The molecule has 2 aliphatic rings. The lowest BCUT2D eigenvalue weighted by atomic mass is 9.75. The van der Waals surface area contributed by atoms with Crippen LogP contribution in [0.1, 0.15) is 89.5 Å². The van der Waals surface area contributed by atoms with Gasteiger partial charge in [0.1, 0.15) is 0 Å². The highest BCUT2D eigenvalue weighted by Crippen LogP contribution is 2.37. The Hall–Kier alpha value is -1.51. The molecule has 1 fully saturated rings. The minimum atomic E-state index is -0.849. The molecule has 154 valence electrons. The van der Waals surface area contributed by atoms with E-state index in [9.17, 15) is 13.6 Å². The van der Waals surface area contributed by atoms with Crippen molar-refractivity contribution in [3.63, 3.8) is 0 Å². The number of carbonyl (C=O) groups is 1. The fourth-order valence-corrected chi connectivity index (χ4v) is 4.97. The minimum Gasteiger partial charge on any atom is -0.295 e. The molecular weight excluding hydrogens is 354 g/mol. The van der Waals surface area contributed by atoms with E-state index in [0.717, 1.165) is 49.2 Å². The van der Waals surface area contributed by atoms with Gasteiger partial charge in [-0.15, -0.1) is 0 Å². The molecule has 0 radical (unpaired) electrons. The van der Waals surface area contributed by atoms with Crippen LogP contribution in [0, 0.1) is 29.4 Å². The summed E-state index contributed by atoms with van der Waals surface area (Å²) in [5, 5.41) is 0. The highest BCUT2D eigenvalue weighted by atomic mass is 19.2. The quantitative estimate of drug-likeness (QED) is 0.421. The van der Waals surface area contributed by atoms with Crippen LogP contribution in [0.15, 0.2) is 24.3 Å². The average molecular weight is 389 g/mol. The molecule has 0 aliphatic heterocycles. The molecule has 3 heteroatoms. The maximum absolute atomic E-state index is 13.5. The molecule has 0 saturated heterocycles. The van der Waals surface area contributed by atoms with E-state index in [-0.39, 0.29) is 11.7 Å². The molecule has 2 aliphatic carbocycles. The van der Waals surface area contributed by atoms with Crippen LogP contribution in [-0.4, -0.2) is 5.78 Å². The first kappa shape index (κ1) is 21.2. The largest absolute Gasteiger partial charge is 0.295 e. The van der Waals surface area contributed by atoms with Gasteiger partial charge in [0.25, 0.3) is 0 Å². The van der Waals surface area contributed by atoms with E-state index in [0.29, 0.717) is 5.56 Å². The van der Waals surface area contributed by atoms with E-state index in [1.807, 2.05) is 0 Å². The highest BCUT2D eigenvalue weighted by molar-refractivity contribution is 5.99. The lowest BCUT2D eigenvalue weighted by molar-refractivity contribution is -0.118. The lowest BCUT2D eigenvalue weighted by Crippen LogP contribution is -2.20. The first-order valence-corrected chi connectivity index (χ1v) is 11.3. The highest BCUT2D eigenvalue weighted by Gasteiger charge is 2.26. The van der Waals surface area contributed by atoms with Crippen molar-refractivity contribution < 1.29 is 13.6 Å². The Kier molecular flexibility index (Phi) is 7.82. The van der Waals surface area contributed by atoms with Crippen molar-refractivity contribution in [2.45, 2.75) is 84.0 Å². The summed E-state index contributed by atoms with van der Waals surface area (Å²) in [6.45, 7) is 2.26. The zero-order valence-electron chi connectivity index (χ0n) is 17.2. The number of rotatable bonds is 8. The van der Waals surface area contributed by atoms with Gasteiger partial charge in [0, 0.05) is 5.92 Å². The number of benzene rings is 1. The van der Waals surface area contributed by atoms with Gasteiger partial charge in [-0.3, -0.25) is 4.79 Å². The van der Waals surface area contributed by atoms with E-state index in [2.05, 4.69) is 6.92 Å². The lowest BCUT2D eigenvalue weighted by Gasteiger charge is -2.30. The Labute approximate surface area is 168 Å². The maximum atomic E-state index is 13.5. The van der Waals surface area contributed by atoms with E-state index in [1.165, 1.54) is 57.4 Å². The Morgan fingerprint density at radius 1 is 0.893 bits per heavy atom. The van der Waals surface area contributed by atoms with Crippen LogP contribution >= 0.6 is 0 Å². The fourth-order valence-electron chi connectivity index (χ4n) is 4.97. The minimum absolute atomic E-state index is 0.108. The van der Waals surface area contributed by atoms with Gasteiger partial charge in [0.2, 0.25) is 0 Å². The molecule has 0 heterocycles. The SMILES string of the molecule is CCCCCC1CCC(CCC2CCC(c3ccc(F)c(F)c3)=CC2=O)CC1. The fraction of sp³-hybridized carbons (Fsp3) is 0.640. The standard InChI is InChI=1S/C25H34F2O/c1-2-3-4-5-18-6-8-19(9-7-18)10-11-20-12-13-22(17-25(20)28)21-14-15-23(26)24(27)16-21/h14-20H,2-13H2,1H3. The Bertz CT molecular complexity index is 686. The topological polar surface area (TPSA) is 17.1 Å². The molecule has 1 aromatic rings. The van der Waals surface area contributed by atoms with Crippen molar-refractivity contribution >= 4 is 11.4 Å². The van der Waals surface area contributed by atoms with Gasteiger partial charge in [-0.1, -0.05) is 64.4 Å². The van der Waals surface area contributed by atoms with Crippen LogP contribution in [0.5, 0.6) is 0 Å². The summed E-state index contributed by atoms with van der Waals surface area (Å²) in [5.41, 5.74) is 1.47. The smallest absolute Gasteiger partial charge is 0.159 e. The summed E-state index contributed by atoms with van der Waals surface area (Å²) < 4.78 is 26.6. The summed E-state index contributed by atoms with van der Waals surface area (Å²) >= 11 is 0. The van der Waals surface area contributed by atoms with E-state index >= 15 is 0 Å². The third kappa shape index (κ3) is 5.75. The predicted molar refractivity (Wildman–Crippen MR) is 111 cm³/mol. The maximum Gasteiger partial charge on any atom is 0.159 e. The molecule has 3 rings (SSSR count). The number of carbonyl (C=O) groups excluding carboxylic acids is 1. The molecule has 1 atom stereocenters. The van der Waals surface area contributed by atoms with Gasteiger partial charge in [-0.2, -0.15) is 0 Å². The monoisotopic (exact) mass is 388 g/mol. The van der Waals surface area contributed by atoms with Crippen molar-refractivity contribution in [1.82, 2.24) is 0 Å². The molecule has 1 saturated carbocycles. The zero-order chi connectivity index (χ0) is 19.9. The molecule has 0 amide bonds. The number of hydrogen-bond acceptors (Lipinski definition) is 1. The number of unbranched alkanes of at least 4 members (excludes halogenated alkanes) is 2. The molecule has 0 aromatic heterocycles. The molecule has 0 spiro atoms. The summed E-state index contributed by atoms with van der Waals surface area (Å²) in [4.78, 5) is 12.6. The molecular formula is C25H34F2O. The van der Waals surface area contributed by atoms with Gasteiger partial charge in [-0.05, 0) is 66.9 Å². The van der Waals surface area contributed by atoms with Crippen LogP contribution in [0.25, 0.3) is 5.57 Å². The van der Waals surface area contributed by atoms with Crippen LogP contribution in [0.3, 0.4) is 0 Å². The van der Waals surface area contributed by atoms with Gasteiger partial charge >= 0.3 is 0 Å². The van der Waals surface area contributed by atoms with Crippen LogP contribution in [0.2, 0.25) is 0 Å². The second-order valence-electron chi connectivity index (χ2n) is 8.90. The van der Waals surface area contributed by atoms with E-state index < -0.39 is 11.6 Å². The van der Waals surface area contributed by atoms with Crippen LogP contribution in [0.4, 0.5) is 8.78 Å². The molecule has 1 nitrogen and oxygen atoms in total. The van der Waals surface area contributed by atoms with Gasteiger partial charge in [-0.25, -0.2) is 8.78 Å². The number of ketones is 1. The summed E-state index contributed by atoms with van der Waals surface area (Å²) in [5.74, 6) is 0.297. The summed E-state index contributed by atoms with van der Waals surface area (Å²) in [6, 6.07) is 3.91. The molecule has 1 unspecified atom stereocenters. The number of halogens is 2. The van der Waals surface area contributed by atoms with Crippen molar-refractivity contribution in [2.24, 2.45) is 17.8 Å². The van der Waals surface area contributed by atoms with Gasteiger partial charge in [0.15, 0.2) is 17.4 Å². The van der Waals surface area contributed by atoms with Crippen molar-refractivity contribution in [1.29, 1.82) is 0 Å². The van der Waals surface area contributed by atoms with Crippen molar-refractivity contribution in [3.05, 3.63) is 41.5 Å². The summed E-state index contributed by atoms with van der Waals surface area (Å²) in [7, 11) is 0. The second-order valence-corrected chi connectivity index (χ2v) is 8.90. The summed E-state index contributed by atoms with van der Waals surface area (Å²) in [6.07, 6.45) is 16.3. The Balaban J connectivity index is 1.44. The molecule has 0 N–H and O–H groups in total. The normalized spacial score (nSPS) is 25.6. The average Bonchev–Trinajstić information content (AvgIpc) is 2.70. The molecule has 28 heavy (non-hydrogen) atoms.